The van der Waals surface area contributed by atoms with Crippen molar-refractivity contribution in [3.8, 4) is 28.3 Å². The maximum absolute atomic E-state index is 6.01. The highest BCUT2D eigenvalue weighted by molar-refractivity contribution is 5.83. The molecule has 0 radical (unpaired) electrons. The standard InChI is InChI=1S/C25H21N5O/c1-17-15-20-5-3-4-6-22(20)27-24(17)18-7-9-21(10-8-18)31-16-23-25(29-30(2)28-23)19-11-13-26-14-12-19/h3-15H,16H2,1-2H3. The van der Waals surface area contributed by atoms with E-state index >= 15 is 0 Å². The normalized spacial score (nSPS) is 11.0. The van der Waals surface area contributed by atoms with E-state index in [0.717, 1.165) is 50.4 Å². The summed E-state index contributed by atoms with van der Waals surface area (Å²) in [5, 5.41) is 10.1. The van der Waals surface area contributed by atoms with Gasteiger partial charge >= 0.3 is 0 Å². The number of ether oxygens (including phenoxy) is 1. The molecule has 0 unspecified atom stereocenters. The molecular formula is C25H21N5O. The summed E-state index contributed by atoms with van der Waals surface area (Å²) < 4.78 is 6.01. The second-order valence-electron chi connectivity index (χ2n) is 7.38. The molecule has 152 valence electrons. The Morgan fingerprint density at radius 2 is 1.58 bits per heavy atom. The van der Waals surface area contributed by atoms with Gasteiger partial charge < -0.3 is 4.74 Å². The minimum absolute atomic E-state index is 0.331. The molecule has 6 heteroatoms. The SMILES string of the molecule is Cc1cc2ccccc2nc1-c1ccc(OCc2nn(C)nc2-c2ccncc2)cc1. The molecule has 2 aromatic carbocycles. The Morgan fingerprint density at radius 3 is 2.39 bits per heavy atom. The molecule has 31 heavy (non-hydrogen) atoms. The summed E-state index contributed by atoms with van der Waals surface area (Å²) >= 11 is 0. The van der Waals surface area contributed by atoms with Gasteiger partial charge in [-0.2, -0.15) is 15.0 Å². The maximum Gasteiger partial charge on any atom is 0.134 e. The molecule has 0 aliphatic heterocycles. The first-order valence-electron chi connectivity index (χ1n) is 10.1. The quantitative estimate of drug-likeness (QED) is 0.411. The average molecular weight is 407 g/mol. The highest BCUT2D eigenvalue weighted by Gasteiger charge is 2.13. The van der Waals surface area contributed by atoms with Crippen LogP contribution in [-0.4, -0.2) is 25.0 Å². The van der Waals surface area contributed by atoms with Gasteiger partial charge in [-0.05, 0) is 61.0 Å². The van der Waals surface area contributed by atoms with Crippen molar-refractivity contribution in [3.05, 3.63) is 90.4 Å². The molecule has 3 aromatic heterocycles. The monoisotopic (exact) mass is 407 g/mol. The summed E-state index contributed by atoms with van der Waals surface area (Å²) in [5.74, 6) is 0.772. The predicted molar refractivity (Wildman–Crippen MR) is 120 cm³/mol. The zero-order chi connectivity index (χ0) is 21.2. The first-order valence-corrected chi connectivity index (χ1v) is 10.1. The third-order valence-electron chi connectivity index (χ3n) is 5.16. The Hall–Kier alpha value is -4.06. The van der Waals surface area contributed by atoms with Crippen LogP contribution in [0.15, 0.2) is 79.1 Å². The largest absolute Gasteiger partial charge is 0.487 e. The first-order chi connectivity index (χ1) is 15.2. The second kappa shape index (κ2) is 7.99. The number of benzene rings is 2. The number of hydrogen-bond donors (Lipinski definition) is 0. The molecule has 0 spiro atoms. The molecule has 3 heterocycles. The number of hydrogen-bond acceptors (Lipinski definition) is 5. The number of aromatic nitrogens is 5. The lowest BCUT2D eigenvalue weighted by Gasteiger charge is -2.09. The minimum atomic E-state index is 0.331. The van der Waals surface area contributed by atoms with E-state index in [-0.39, 0.29) is 0 Å². The molecule has 0 amide bonds. The lowest BCUT2D eigenvalue weighted by molar-refractivity contribution is 0.300. The third kappa shape index (κ3) is 3.88. The fraction of sp³-hybridized carbons (Fsp3) is 0.120. The van der Waals surface area contributed by atoms with Gasteiger partial charge in [-0.1, -0.05) is 18.2 Å². The van der Waals surface area contributed by atoms with Gasteiger partial charge in [-0.3, -0.25) is 4.98 Å². The zero-order valence-corrected chi connectivity index (χ0v) is 17.4. The van der Waals surface area contributed by atoms with Crippen LogP contribution >= 0.6 is 0 Å². The Morgan fingerprint density at radius 1 is 0.839 bits per heavy atom. The first kappa shape index (κ1) is 18.9. The highest BCUT2D eigenvalue weighted by atomic mass is 16.5. The van der Waals surface area contributed by atoms with Crippen LogP contribution in [0.2, 0.25) is 0 Å². The van der Waals surface area contributed by atoms with Crippen LogP contribution < -0.4 is 4.74 Å². The molecule has 0 N–H and O–H groups in total. The van der Waals surface area contributed by atoms with Crippen molar-refractivity contribution in [1.29, 1.82) is 0 Å². The lowest BCUT2D eigenvalue weighted by atomic mass is 10.0. The van der Waals surface area contributed by atoms with Crippen LogP contribution in [0, 0.1) is 6.92 Å². The van der Waals surface area contributed by atoms with Gasteiger partial charge in [0.2, 0.25) is 0 Å². The van der Waals surface area contributed by atoms with Crippen molar-refractivity contribution in [3.63, 3.8) is 0 Å². The van der Waals surface area contributed by atoms with Crippen LogP contribution in [-0.2, 0) is 13.7 Å². The van der Waals surface area contributed by atoms with Gasteiger partial charge in [0.15, 0.2) is 0 Å². The molecule has 0 bridgehead atoms. The molecule has 5 aromatic rings. The van der Waals surface area contributed by atoms with Crippen molar-refractivity contribution < 1.29 is 4.74 Å². The van der Waals surface area contributed by atoms with Crippen LogP contribution in [0.4, 0.5) is 0 Å². The average Bonchev–Trinajstić information content (AvgIpc) is 3.19. The Bertz CT molecular complexity index is 1340. The van der Waals surface area contributed by atoms with Crippen LogP contribution in [0.1, 0.15) is 11.3 Å². The number of para-hydroxylation sites is 1. The van der Waals surface area contributed by atoms with Crippen LogP contribution in [0.5, 0.6) is 5.75 Å². The number of rotatable bonds is 5. The van der Waals surface area contributed by atoms with Crippen molar-refractivity contribution in [2.75, 3.05) is 0 Å². The van der Waals surface area contributed by atoms with E-state index in [2.05, 4.69) is 34.2 Å². The number of pyridine rings is 2. The minimum Gasteiger partial charge on any atom is -0.487 e. The zero-order valence-electron chi connectivity index (χ0n) is 17.4. The molecule has 6 nitrogen and oxygen atoms in total. The second-order valence-corrected chi connectivity index (χ2v) is 7.38. The lowest BCUT2D eigenvalue weighted by Crippen LogP contribution is -1.99. The topological polar surface area (TPSA) is 65.7 Å². The molecule has 0 aliphatic rings. The van der Waals surface area contributed by atoms with E-state index in [0.29, 0.717) is 6.61 Å². The van der Waals surface area contributed by atoms with Crippen molar-refractivity contribution in [2.24, 2.45) is 7.05 Å². The molecule has 0 atom stereocenters. The van der Waals surface area contributed by atoms with E-state index in [9.17, 15) is 0 Å². The predicted octanol–water partition coefficient (Wildman–Crippen LogP) is 4.98. The van der Waals surface area contributed by atoms with Crippen molar-refractivity contribution >= 4 is 10.9 Å². The third-order valence-corrected chi connectivity index (χ3v) is 5.16. The van der Waals surface area contributed by atoms with Crippen molar-refractivity contribution in [2.45, 2.75) is 13.5 Å². The van der Waals surface area contributed by atoms with Gasteiger partial charge in [-0.15, -0.1) is 0 Å². The number of fused-ring (bicyclic) bond motifs is 1. The van der Waals surface area contributed by atoms with Gasteiger partial charge in [0, 0.05) is 36.0 Å². The summed E-state index contributed by atoms with van der Waals surface area (Å²) in [6, 6.07) is 22.2. The molecule has 0 aliphatic carbocycles. The summed E-state index contributed by atoms with van der Waals surface area (Å²) in [6.07, 6.45) is 3.49. The van der Waals surface area contributed by atoms with Crippen LogP contribution in [0.3, 0.4) is 0 Å². The number of nitrogens with zero attached hydrogens (tertiary/aromatic N) is 5. The van der Waals surface area contributed by atoms with Crippen LogP contribution in [0.25, 0.3) is 33.4 Å². The molecular weight excluding hydrogens is 386 g/mol. The summed E-state index contributed by atoms with van der Waals surface area (Å²) in [6.45, 7) is 2.42. The van der Waals surface area contributed by atoms with Gasteiger partial charge in [0.25, 0.3) is 0 Å². The van der Waals surface area contributed by atoms with E-state index in [1.807, 2.05) is 61.6 Å². The summed E-state index contributed by atoms with van der Waals surface area (Å²) in [5.41, 5.74) is 6.74. The smallest absolute Gasteiger partial charge is 0.134 e. The van der Waals surface area contributed by atoms with Gasteiger partial charge in [0.05, 0.1) is 11.2 Å². The summed E-state index contributed by atoms with van der Waals surface area (Å²) in [7, 11) is 1.81. The van der Waals surface area contributed by atoms with E-state index in [1.165, 1.54) is 0 Å². The van der Waals surface area contributed by atoms with E-state index in [4.69, 9.17) is 9.72 Å². The van der Waals surface area contributed by atoms with Crippen molar-refractivity contribution in [1.82, 2.24) is 25.0 Å². The fourth-order valence-electron chi connectivity index (χ4n) is 3.65. The fourth-order valence-corrected chi connectivity index (χ4v) is 3.65. The Labute approximate surface area is 180 Å². The molecule has 0 saturated heterocycles. The van der Waals surface area contributed by atoms with Gasteiger partial charge in [-0.25, -0.2) is 4.98 Å². The molecule has 0 fully saturated rings. The van der Waals surface area contributed by atoms with E-state index < -0.39 is 0 Å². The molecule has 0 saturated carbocycles. The summed E-state index contributed by atoms with van der Waals surface area (Å²) in [4.78, 5) is 10.5. The maximum atomic E-state index is 6.01. The molecule has 5 rings (SSSR count). The van der Waals surface area contributed by atoms with Gasteiger partial charge in [0.1, 0.15) is 23.7 Å². The Balaban J connectivity index is 1.36. The number of aryl methyl sites for hydroxylation is 2. The Kier molecular flexibility index (Phi) is 4.88. The van der Waals surface area contributed by atoms with E-state index in [1.54, 1.807) is 17.2 Å². The highest BCUT2D eigenvalue weighted by Crippen LogP contribution is 2.27.